The predicted molar refractivity (Wildman–Crippen MR) is 93.7 cm³/mol. The first-order chi connectivity index (χ1) is 11.5. The average molecular weight is 326 g/mol. The van der Waals surface area contributed by atoms with Crippen molar-refractivity contribution in [3.05, 3.63) is 59.2 Å². The average Bonchev–Trinajstić information content (AvgIpc) is 3.07. The summed E-state index contributed by atoms with van der Waals surface area (Å²) in [5, 5.41) is 13.1. The largest absolute Gasteiger partial charge is 0.493 e. The van der Waals surface area contributed by atoms with E-state index in [1.807, 2.05) is 55.4 Å². The lowest BCUT2D eigenvalue weighted by Gasteiger charge is -2.15. The molecule has 1 amide bonds. The molecule has 0 radical (unpaired) electrons. The third-order valence-electron chi connectivity index (χ3n) is 4.18. The van der Waals surface area contributed by atoms with Crippen LogP contribution in [0.25, 0.3) is 0 Å². The Kier molecular flexibility index (Phi) is 4.71. The summed E-state index contributed by atoms with van der Waals surface area (Å²) >= 11 is 0. The molecule has 0 saturated heterocycles. The van der Waals surface area contributed by atoms with Crippen LogP contribution in [0.15, 0.2) is 42.5 Å². The Hall–Kier alpha value is -2.53. The summed E-state index contributed by atoms with van der Waals surface area (Å²) in [5.41, 5.74) is 3.44. The minimum Gasteiger partial charge on any atom is -0.493 e. The SMILES string of the molecule is CN(C)c1cccc(C(=O)NC[C@H](O)c2ccc3c(c2)CCO3)c1. The van der Waals surface area contributed by atoms with Gasteiger partial charge < -0.3 is 20.1 Å². The van der Waals surface area contributed by atoms with Crippen LogP contribution >= 0.6 is 0 Å². The van der Waals surface area contributed by atoms with Crippen LogP contribution in [-0.2, 0) is 6.42 Å². The van der Waals surface area contributed by atoms with Gasteiger partial charge in [-0.05, 0) is 41.5 Å². The zero-order valence-corrected chi connectivity index (χ0v) is 14.0. The third-order valence-corrected chi connectivity index (χ3v) is 4.18. The van der Waals surface area contributed by atoms with Crippen molar-refractivity contribution in [3.8, 4) is 5.75 Å². The van der Waals surface area contributed by atoms with E-state index in [9.17, 15) is 9.90 Å². The fourth-order valence-corrected chi connectivity index (χ4v) is 2.75. The number of benzene rings is 2. The highest BCUT2D eigenvalue weighted by molar-refractivity contribution is 5.95. The molecule has 1 aliphatic rings. The molecule has 0 aliphatic carbocycles. The van der Waals surface area contributed by atoms with Gasteiger partial charge in [0.1, 0.15) is 5.75 Å². The molecule has 0 unspecified atom stereocenters. The fourth-order valence-electron chi connectivity index (χ4n) is 2.75. The number of anilines is 1. The normalized spacial score (nSPS) is 13.8. The summed E-state index contributed by atoms with van der Waals surface area (Å²) in [5.74, 6) is 0.692. The third kappa shape index (κ3) is 3.51. The quantitative estimate of drug-likeness (QED) is 0.884. The molecule has 3 rings (SSSR count). The van der Waals surface area contributed by atoms with Crippen LogP contribution in [0.1, 0.15) is 27.6 Å². The number of hydrogen-bond donors (Lipinski definition) is 2. The van der Waals surface area contributed by atoms with Gasteiger partial charge in [0.2, 0.25) is 0 Å². The molecule has 0 spiro atoms. The summed E-state index contributed by atoms with van der Waals surface area (Å²) in [4.78, 5) is 14.2. The van der Waals surface area contributed by atoms with Crippen LogP contribution in [0.2, 0.25) is 0 Å². The van der Waals surface area contributed by atoms with Gasteiger partial charge >= 0.3 is 0 Å². The van der Waals surface area contributed by atoms with Crippen molar-refractivity contribution in [2.24, 2.45) is 0 Å². The monoisotopic (exact) mass is 326 g/mol. The molecule has 0 aromatic heterocycles. The number of nitrogens with zero attached hydrogens (tertiary/aromatic N) is 1. The number of aliphatic hydroxyl groups is 1. The summed E-state index contributed by atoms with van der Waals surface area (Å²) in [6.45, 7) is 0.860. The van der Waals surface area contributed by atoms with Gasteiger partial charge in [0.15, 0.2) is 0 Å². The van der Waals surface area contributed by atoms with Crippen molar-refractivity contribution >= 4 is 11.6 Å². The molecule has 2 aromatic rings. The number of nitrogens with one attached hydrogen (secondary N) is 1. The highest BCUT2D eigenvalue weighted by atomic mass is 16.5. The number of aliphatic hydroxyl groups excluding tert-OH is 1. The van der Waals surface area contributed by atoms with Crippen molar-refractivity contribution in [2.75, 3.05) is 32.1 Å². The highest BCUT2D eigenvalue weighted by Gasteiger charge is 2.16. The lowest BCUT2D eigenvalue weighted by Crippen LogP contribution is -2.28. The molecule has 126 valence electrons. The summed E-state index contributed by atoms with van der Waals surface area (Å²) < 4.78 is 5.46. The van der Waals surface area contributed by atoms with E-state index >= 15 is 0 Å². The lowest BCUT2D eigenvalue weighted by atomic mass is 10.0. The van der Waals surface area contributed by atoms with Gasteiger partial charge in [-0.1, -0.05) is 12.1 Å². The minimum absolute atomic E-state index is 0.171. The molecule has 1 aliphatic heterocycles. The van der Waals surface area contributed by atoms with Gasteiger partial charge in [0, 0.05) is 38.3 Å². The van der Waals surface area contributed by atoms with Crippen LogP contribution in [0, 0.1) is 0 Å². The number of fused-ring (bicyclic) bond motifs is 1. The van der Waals surface area contributed by atoms with Crippen molar-refractivity contribution < 1.29 is 14.6 Å². The van der Waals surface area contributed by atoms with E-state index in [0.29, 0.717) is 12.2 Å². The number of hydrogen-bond acceptors (Lipinski definition) is 4. The molecule has 1 heterocycles. The molecular weight excluding hydrogens is 304 g/mol. The van der Waals surface area contributed by atoms with E-state index in [2.05, 4.69) is 5.32 Å². The maximum absolute atomic E-state index is 12.3. The number of rotatable bonds is 5. The van der Waals surface area contributed by atoms with Crippen LogP contribution < -0.4 is 15.0 Å². The lowest BCUT2D eigenvalue weighted by molar-refractivity contribution is 0.0916. The molecule has 2 aromatic carbocycles. The second-order valence-corrected chi connectivity index (χ2v) is 6.14. The minimum atomic E-state index is -0.739. The maximum Gasteiger partial charge on any atom is 0.251 e. The topological polar surface area (TPSA) is 61.8 Å². The molecule has 2 N–H and O–H groups in total. The van der Waals surface area contributed by atoms with Crippen LogP contribution in [0.3, 0.4) is 0 Å². The number of ether oxygens (including phenoxy) is 1. The van der Waals surface area contributed by atoms with Crippen molar-refractivity contribution in [2.45, 2.75) is 12.5 Å². The Morgan fingerprint density at radius 1 is 1.29 bits per heavy atom. The predicted octanol–water partition coefficient (Wildman–Crippen LogP) is 2.15. The first-order valence-electron chi connectivity index (χ1n) is 8.04. The molecule has 0 fully saturated rings. The fraction of sp³-hybridized carbons (Fsp3) is 0.316. The zero-order valence-electron chi connectivity index (χ0n) is 14.0. The van der Waals surface area contributed by atoms with Gasteiger partial charge in [0.25, 0.3) is 5.91 Å². The molecule has 1 atom stereocenters. The van der Waals surface area contributed by atoms with Gasteiger partial charge in [-0.3, -0.25) is 4.79 Å². The Balaban J connectivity index is 1.62. The second kappa shape index (κ2) is 6.93. The van der Waals surface area contributed by atoms with E-state index in [1.54, 1.807) is 6.07 Å². The van der Waals surface area contributed by atoms with Gasteiger partial charge in [-0.2, -0.15) is 0 Å². The number of amides is 1. The second-order valence-electron chi connectivity index (χ2n) is 6.14. The highest BCUT2D eigenvalue weighted by Crippen LogP contribution is 2.28. The van der Waals surface area contributed by atoms with E-state index in [4.69, 9.17) is 4.74 Å². The van der Waals surface area contributed by atoms with E-state index < -0.39 is 6.10 Å². The summed E-state index contributed by atoms with van der Waals surface area (Å²) in [6.07, 6.45) is 0.122. The van der Waals surface area contributed by atoms with Gasteiger partial charge in [-0.15, -0.1) is 0 Å². The zero-order chi connectivity index (χ0) is 17.1. The first-order valence-corrected chi connectivity index (χ1v) is 8.04. The maximum atomic E-state index is 12.3. The first kappa shape index (κ1) is 16.3. The van der Waals surface area contributed by atoms with Crippen LogP contribution in [0.5, 0.6) is 5.75 Å². The number of carbonyl (C=O) groups is 1. The molecular formula is C19H22N2O3. The van der Waals surface area contributed by atoms with E-state index in [1.165, 1.54) is 0 Å². The summed E-state index contributed by atoms with van der Waals surface area (Å²) in [6, 6.07) is 13.1. The molecule has 0 saturated carbocycles. The van der Waals surface area contributed by atoms with E-state index in [0.717, 1.165) is 29.0 Å². The Morgan fingerprint density at radius 3 is 2.92 bits per heavy atom. The summed E-state index contributed by atoms with van der Waals surface area (Å²) in [7, 11) is 3.86. The molecule has 24 heavy (non-hydrogen) atoms. The van der Waals surface area contributed by atoms with Crippen molar-refractivity contribution in [1.82, 2.24) is 5.32 Å². The smallest absolute Gasteiger partial charge is 0.251 e. The Labute approximate surface area is 141 Å². The van der Waals surface area contributed by atoms with Gasteiger partial charge in [0.05, 0.1) is 12.7 Å². The van der Waals surface area contributed by atoms with Crippen molar-refractivity contribution in [1.29, 1.82) is 0 Å². The van der Waals surface area contributed by atoms with Crippen LogP contribution in [-0.4, -0.2) is 38.3 Å². The number of carbonyl (C=O) groups excluding carboxylic acids is 1. The molecule has 5 heteroatoms. The Bertz CT molecular complexity index is 743. The molecule has 0 bridgehead atoms. The molecule has 5 nitrogen and oxygen atoms in total. The standard InChI is InChI=1S/C19H22N2O3/c1-21(2)16-5-3-4-15(11-16)19(23)20-12-17(22)13-6-7-18-14(10-13)8-9-24-18/h3-7,10-11,17,22H,8-9,12H2,1-2H3,(H,20,23)/t17-/m0/s1. The Morgan fingerprint density at radius 2 is 2.12 bits per heavy atom. The van der Waals surface area contributed by atoms with E-state index in [-0.39, 0.29) is 12.5 Å². The van der Waals surface area contributed by atoms with Crippen molar-refractivity contribution in [3.63, 3.8) is 0 Å². The van der Waals surface area contributed by atoms with Crippen LogP contribution in [0.4, 0.5) is 5.69 Å². The van der Waals surface area contributed by atoms with Gasteiger partial charge in [-0.25, -0.2) is 0 Å².